The number of nitrogens with zero attached hydrogens (tertiary/aromatic N) is 4. The first-order chi connectivity index (χ1) is 16.2. The number of imidazole rings is 1. The number of nitrogens with two attached hydrogens (primary N) is 1. The largest absolute Gasteiger partial charge is 0.398 e. The maximum absolute atomic E-state index is 13.7. The molecule has 33 heavy (non-hydrogen) atoms. The van der Waals surface area contributed by atoms with Gasteiger partial charge in [-0.25, -0.2) is 4.98 Å². The van der Waals surface area contributed by atoms with Gasteiger partial charge in [0.2, 0.25) is 0 Å². The van der Waals surface area contributed by atoms with E-state index < -0.39 is 0 Å². The van der Waals surface area contributed by atoms with Crippen LogP contribution in [0, 0.1) is 0 Å². The van der Waals surface area contributed by atoms with Gasteiger partial charge in [0.05, 0.1) is 12.6 Å². The number of likely N-dealkylation sites (tertiary alicyclic amines) is 1. The molecule has 2 aromatic heterocycles. The second kappa shape index (κ2) is 9.42. The van der Waals surface area contributed by atoms with Gasteiger partial charge in [-0.05, 0) is 24.5 Å². The number of benzene rings is 2. The van der Waals surface area contributed by atoms with E-state index >= 15 is 0 Å². The number of carbonyl (C=O) groups excluding carboxylic acids is 1. The summed E-state index contributed by atoms with van der Waals surface area (Å²) < 4.78 is 1.91. The van der Waals surface area contributed by atoms with Crippen molar-refractivity contribution in [2.24, 2.45) is 10.7 Å². The lowest BCUT2D eigenvalue weighted by molar-refractivity contribution is 0.0735. The summed E-state index contributed by atoms with van der Waals surface area (Å²) in [4.78, 5) is 25.9. The average Bonchev–Trinajstić information content (AvgIpc) is 3.58. The Morgan fingerprint density at radius 2 is 1.91 bits per heavy atom. The van der Waals surface area contributed by atoms with Crippen LogP contribution in [0.3, 0.4) is 0 Å². The van der Waals surface area contributed by atoms with E-state index in [1.165, 1.54) is 11.3 Å². The molecule has 3 heterocycles. The minimum Gasteiger partial charge on any atom is -0.398 e. The van der Waals surface area contributed by atoms with Gasteiger partial charge in [0, 0.05) is 35.6 Å². The lowest BCUT2D eigenvalue weighted by Crippen LogP contribution is -2.38. The molecular formula is C26H25N5OS. The Kier molecular flexibility index (Phi) is 6.04. The monoisotopic (exact) mass is 455 g/mol. The molecule has 0 aliphatic carbocycles. The van der Waals surface area contributed by atoms with Gasteiger partial charge in [-0.15, -0.1) is 11.3 Å². The number of thiazole rings is 1. The van der Waals surface area contributed by atoms with Crippen LogP contribution in [0.5, 0.6) is 0 Å². The molecule has 1 fully saturated rings. The topological polar surface area (TPSA) is 76.0 Å². The fourth-order valence-corrected chi connectivity index (χ4v) is 4.97. The predicted molar refractivity (Wildman–Crippen MR) is 135 cm³/mol. The lowest BCUT2D eigenvalue weighted by atomic mass is 10.1. The summed E-state index contributed by atoms with van der Waals surface area (Å²) in [6.45, 7) is 1.28. The zero-order valence-corrected chi connectivity index (χ0v) is 19.0. The van der Waals surface area contributed by atoms with Gasteiger partial charge in [0.15, 0.2) is 4.96 Å². The zero-order valence-electron chi connectivity index (χ0n) is 18.2. The predicted octanol–water partition coefficient (Wildman–Crippen LogP) is 4.74. The van der Waals surface area contributed by atoms with Crippen LogP contribution in [0.15, 0.2) is 83.3 Å². The van der Waals surface area contributed by atoms with Crippen LogP contribution >= 0.6 is 11.3 Å². The maximum Gasteiger partial charge on any atom is 0.273 e. The van der Waals surface area contributed by atoms with Crippen molar-refractivity contribution in [3.05, 3.63) is 89.6 Å². The van der Waals surface area contributed by atoms with Gasteiger partial charge < -0.3 is 10.6 Å². The van der Waals surface area contributed by atoms with Gasteiger partial charge in [0.1, 0.15) is 11.4 Å². The Bertz CT molecular complexity index is 1310. The number of fused-ring (bicyclic) bond motifs is 1. The van der Waals surface area contributed by atoms with E-state index in [0.717, 1.165) is 41.2 Å². The SMILES string of the molecule is NC(=CC=NC[C@@H]1CCCN1C(=O)c1c(-c2ccccc2)nc2sccn12)c1ccccc1. The number of amides is 1. The molecule has 0 bridgehead atoms. The van der Waals surface area contributed by atoms with Crippen molar-refractivity contribution >= 4 is 34.1 Å². The molecule has 1 atom stereocenters. The molecule has 1 amide bonds. The molecule has 2 N–H and O–H groups in total. The zero-order chi connectivity index (χ0) is 22.6. The third-order valence-corrected chi connectivity index (χ3v) is 6.69. The van der Waals surface area contributed by atoms with Crippen LogP contribution in [-0.4, -0.2) is 45.5 Å². The van der Waals surface area contributed by atoms with Crippen molar-refractivity contribution in [2.75, 3.05) is 13.1 Å². The summed E-state index contributed by atoms with van der Waals surface area (Å²) in [6.07, 6.45) is 7.39. The number of rotatable bonds is 6. The van der Waals surface area contributed by atoms with E-state index in [2.05, 4.69) is 4.99 Å². The Morgan fingerprint density at radius 1 is 1.15 bits per heavy atom. The van der Waals surface area contributed by atoms with Crippen molar-refractivity contribution in [1.82, 2.24) is 14.3 Å². The quantitative estimate of drug-likeness (QED) is 0.427. The highest BCUT2D eigenvalue weighted by Gasteiger charge is 2.33. The first-order valence-electron chi connectivity index (χ1n) is 11.1. The molecule has 1 aliphatic heterocycles. The van der Waals surface area contributed by atoms with Gasteiger partial charge in [-0.3, -0.25) is 14.2 Å². The van der Waals surface area contributed by atoms with Crippen LogP contribution in [0.25, 0.3) is 21.9 Å². The Balaban J connectivity index is 1.36. The first kappa shape index (κ1) is 21.2. The molecule has 5 rings (SSSR count). The van der Waals surface area contributed by atoms with Crippen molar-refractivity contribution < 1.29 is 4.79 Å². The minimum atomic E-state index is 0.0109. The first-order valence-corrected chi connectivity index (χ1v) is 11.9. The molecular weight excluding hydrogens is 430 g/mol. The lowest BCUT2D eigenvalue weighted by Gasteiger charge is -2.23. The van der Waals surface area contributed by atoms with E-state index in [1.54, 1.807) is 6.21 Å². The highest BCUT2D eigenvalue weighted by molar-refractivity contribution is 7.15. The summed E-state index contributed by atoms with van der Waals surface area (Å²) in [6, 6.07) is 19.8. The highest BCUT2D eigenvalue weighted by atomic mass is 32.1. The third-order valence-electron chi connectivity index (χ3n) is 5.93. The van der Waals surface area contributed by atoms with Crippen molar-refractivity contribution in [2.45, 2.75) is 18.9 Å². The van der Waals surface area contributed by atoms with Crippen molar-refractivity contribution in [3.63, 3.8) is 0 Å². The van der Waals surface area contributed by atoms with Crippen molar-refractivity contribution in [1.29, 1.82) is 0 Å². The van der Waals surface area contributed by atoms with Crippen LogP contribution in [0.2, 0.25) is 0 Å². The van der Waals surface area contributed by atoms with Gasteiger partial charge >= 0.3 is 0 Å². The molecule has 1 saturated heterocycles. The minimum absolute atomic E-state index is 0.0109. The molecule has 4 aromatic rings. The van der Waals surface area contributed by atoms with Gasteiger partial charge in [-0.1, -0.05) is 60.7 Å². The summed E-state index contributed by atoms with van der Waals surface area (Å²) in [5.41, 5.74) is 10.1. The molecule has 0 radical (unpaired) electrons. The smallest absolute Gasteiger partial charge is 0.273 e. The Morgan fingerprint density at radius 3 is 2.70 bits per heavy atom. The number of carbonyl (C=O) groups is 1. The number of aliphatic imine (C=N–C) groups is 1. The summed E-state index contributed by atoms with van der Waals surface area (Å²) in [7, 11) is 0. The fourth-order valence-electron chi connectivity index (χ4n) is 4.26. The van der Waals surface area contributed by atoms with Crippen LogP contribution in [-0.2, 0) is 0 Å². The second-order valence-electron chi connectivity index (χ2n) is 8.03. The molecule has 0 spiro atoms. The van der Waals surface area contributed by atoms with Crippen LogP contribution < -0.4 is 5.73 Å². The molecule has 1 aliphatic rings. The highest BCUT2D eigenvalue weighted by Crippen LogP contribution is 2.30. The van der Waals surface area contributed by atoms with Crippen LogP contribution in [0.4, 0.5) is 0 Å². The maximum atomic E-state index is 13.7. The Labute approximate surface area is 196 Å². The van der Waals surface area contributed by atoms with Gasteiger partial charge in [0.25, 0.3) is 5.91 Å². The van der Waals surface area contributed by atoms with E-state index in [9.17, 15) is 4.79 Å². The molecule has 2 aromatic carbocycles. The average molecular weight is 456 g/mol. The molecule has 0 saturated carbocycles. The standard InChI is InChI=1S/C26H25N5OS/c27-22(19-8-3-1-4-9-19)13-14-28-18-21-12-7-15-30(21)25(32)24-23(20-10-5-2-6-11-20)29-26-31(24)16-17-33-26/h1-6,8-11,13-14,16-17,21H,7,12,15,18,27H2/t21-/m0/s1. The van der Waals surface area contributed by atoms with E-state index in [1.807, 2.05) is 87.6 Å². The number of aromatic nitrogens is 2. The fraction of sp³-hybridized carbons (Fsp3) is 0.192. The summed E-state index contributed by atoms with van der Waals surface area (Å²) in [5, 5.41) is 1.96. The molecule has 0 unspecified atom stereocenters. The van der Waals surface area contributed by atoms with E-state index in [-0.39, 0.29) is 11.9 Å². The Hall–Kier alpha value is -3.71. The molecule has 166 valence electrons. The molecule has 6 nitrogen and oxygen atoms in total. The number of hydrogen-bond acceptors (Lipinski definition) is 5. The van der Waals surface area contributed by atoms with E-state index in [0.29, 0.717) is 17.9 Å². The normalized spacial score (nSPS) is 16.8. The summed E-state index contributed by atoms with van der Waals surface area (Å²) >= 11 is 1.53. The van der Waals surface area contributed by atoms with Crippen molar-refractivity contribution in [3.8, 4) is 11.3 Å². The third kappa shape index (κ3) is 4.32. The van der Waals surface area contributed by atoms with Gasteiger partial charge in [-0.2, -0.15) is 0 Å². The number of hydrogen-bond donors (Lipinski definition) is 1. The van der Waals surface area contributed by atoms with Crippen LogP contribution in [0.1, 0.15) is 28.9 Å². The summed E-state index contributed by atoms with van der Waals surface area (Å²) in [5.74, 6) is 0.0109. The number of allylic oxidation sites excluding steroid dienone is 1. The molecule has 7 heteroatoms. The second-order valence-corrected chi connectivity index (χ2v) is 8.90. The van der Waals surface area contributed by atoms with E-state index in [4.69, 9.17) is 10.7 Å².